The molecule has 8 heteroatoms. The monoisotopic (exact) mass is 826 g/mol. The smallest absolute Gasteiger partial charge is 0.238 e. The molecule has 0 N–H and O–H groups in total. The summed E-state index contributed by atoms with van der Waals surface area (Å²) in [6.45, 7) is 0. The number of benzene rings is 6. The maximum absolute atomic E-state index is 13.4. The molecule has 6 aliphatic rings. The van der Waals surface area contributed by atoms with Crippen molar-refractivity contribution in [2.75, 3.05) is 9.80 Å². The summed E-state index contributed by atoms with van der Waals surface area (Å²) in [5.74, 6) is 1.78. The highest BCUT2D eigenvalue weighted by Crippen LogP contribution is 2.55. The molecule has 4 fully saturated rings. The molecular weight excluding hydrogens is 785 g/mol. The van der Waals surface area contributed by atoms with Crippen molar-refractivity contribution in [2.24, 2.45) is 47.3 Å². The molecule has 0 aromatic heterocycles. The fraction of sp³-hybridized carbons (Fsp3) is 0.200. The van der Waals surface area contributed by atoms with Crippen molar-refractivity contribution >= 4 is 35.0 Å². The van der Waals surface area contributed by atoms with Gasteiger partial charge in [-0.05, 0) is 132 Å². The molecule has 4 aliphatic carbocycles. The van der Waals surface area contributed by atoms with Crippen LogP contribution in [-0.4, -0.2) is 23.6 Å². The third-order valence-corrected chi connectivity index (χ3v) is 14.6. The lowest BCUT2D eigenvalue weighted by atomic mass is 9.65. The summed E-state index contributed by atoms with van der Waals surface area (Å²) in [5.41, 5.74) is 4.67. The molecule has 2 saturated carbocycles. The van der Waals surface area contributed by atoms with Gasteiger partial charge in [0.25, 0.3) is 0 Å². The Kier molecular flexibility index (Phi) is 8.55. The number of amides is 4. The number of fused-ring (bicyclic) bond motifs is 10. The van der Waals surface area contributed by atoms with E-state index in [4.69, 9.17) is 9.47 Å². The summed E-state index contributed by atoms with van der Waals surface area (Å²) >= 11 is 0. The van der Waals surface area contributed by atoms with Crippen molar-refractivity contribution in [3.05, 3.63) is 204 Å². The molecule has 2 heterocycles. The number of carbonyl (C=O) groups excluding carboxylic acids is 4. The number of hydrogen-bond donors (Lipinski definition) is 0. The van der Waals surface area contributed by atoms with Gasteiger partial charge < -0.3 is 9.47 Å². The van der Waals surface area contributed by atoms with Crippen LogP contribution in [0, 0.1) is 47.3 Å². The van der Waals surface area contributed by atoms with Crippen LogP contribution in [0.15, 0.2) is 182 Å². The van der Waals surface area contributed by atoms with Crippen LogP contribution in [0.2, 0.25) is 0 Å². The standard InChI is InChI=1S/C55H42N2O6/c58-51-47-33-11-12-34(31-33)48(47)52(59)56(51)41-19-27-45(28-20-41)62-43-23-15-39(16-24-43)55(37-7-3-1-4-8-37,38-9-5-2-6-10-38)40-17-25-44(26-18-40)63-46-29-21-42(22-30-46)57-53(60)49-35-13-14-36(32-35)50(49)54(57)61/h1-30,33-36,47-50H,31-32H2/t33-,34-,35-,36-,47-,48-,49-,50+/m0/s1. The van der Waals surface area contributed by atoms with Gasteiger partial charge in [0.15, 0.2) is 0 Å². The van der Waals surface area contributed by atoms with E-state index in [1.807, 2.05) is 36.4 Å². The number of ether oxygens (including phenoxy) is 2. The number of imide groups is 2. The molecular formula is C55H42N2O6. The molecule has 8 nitrogen and oxygen atoms in total. The molecule has 63 heavy (non-hydrogen) atoms. The van der Waals surface area contributed by atoms with Gasteiger partial charge in [-0.15, -0.1) is 0 Å². The highest BCUT2D eigenvalue weighted by Gasteiger charge is 2.60. The minimum atomic E-state index is -0.715. The molecule has 0 radical (unpaired) electrons. The Balaban J connectivity index is 0.806. The Morgan fingerprint density at radius 3 is 0.921 bits per heavy atom. The zero-order chi connectivity index (χ0) is 42.4. The normalized spacial score (nSPS) is 26.2. The minimum Gasteiger partial charge on any atom is -0.457 e. The lowest BCUT2D eigenvalue weighted by Crippen LogP contribution is -2.32. The largest absolute Gasteiger partial charge is 0.457 e. The maximum Gasteiger partial charge on any atom is 0.238 e. The van der Waals surface area contributed by atoms with Crippen LogP contribution in [0.25, 0.3) is 0 Å². The molecule has 6 aromatic rings. The van der Waals surface area contributed by atoms with Crippen molar-refractivity contribution in [2.45, 2.75) is 18.3 Å². The van der Waals surface area contributed by atoms with E-state index in [9.17, 15) is 19.2 Å². The Bertz CT molecular complexity index is 2600. The average molecular weight is 827 g/mol. The van der Waals surface area contributed by atoms with Gasteiger partial charge in [0.1, 0.15) is 23.0 Å². The van der Waals surface area contributed by atoms with E-state index in [0.29, 0.717) is 34.4 Å². The second-order valence-electron chi connectivity index (χ2n) is 17.7. The lowest BCUT2D eigenvalue weighted by Gasteiger charge is -2.37. The number of anilines is 2. The summed E-state index contributed by atoms with van der Waals surface area (Å²) in [4.78, 5) is 56.3. The highest BCUT2D eigenvalue weighted by molar-refractivity contribution is 6.23. The van der Waals surface area contributed by atoms with E-state index in [1.54, 1.807) is 48.5 Å². The first-order chi connectivity index (χ1) is 30.9. The summed E-state index contributed by atoms with van der Waals surface area (Å²) in [5, 5.41) is 0. The van der Waals surface area contributed by atoms with Gasteiger partial charge in [-0.25, -0.2) is 0 Å². The zero-order valence-corrected chi connectivity index (χ0v) is 34.2. The summed E-state index contributed by atoms with van der Waals surface area (Å²) < 4.78 is 12.7. The van der Waals surface area contributed by atoms with Crippen molar-refractivity contribution in [3.63, 3.8) is 0 Å². The van der Waals surface area contributed by atoms with Crippen LogP contribution in [0.1, 0.15) is 35.1 Å². The number of hydrogen-bond acceptors (Lipinski definition) is 6. The van der Waals surface area contributed by atoms with Crippen LogP contribution in [0.5, 0.6) is 23.0 Å². The van der Waals surface area contributed by atoms with Crippen molar-refractivity contribution < 1.29 is 28.7 Å². The Morgan fingerprint density at radius 1 is 0.349 bits per heavy atom. The van der Waals surface area contributed by atoms with Gasteiger partial charge in [-0.3, -0.25) is 29.0 Å². The molecule has 0 spiro atoms. The van der Waals surface area contributed by atoms with Gasteiger partial charge in [-0.2, -0.15) is 0 Å². The summed E-state index contributed by atoms with van der Waals surface area (Å²) in [6.07, 6.45) is 10.2. The molecule has 8 atom stereocenters. The van der Waals surface area contributed by atoms with E-state index < -0.39 is 5.41 Å². The Hall–Kier alpha value is -7.32. The van der Waals surface area contributed by atoms with Crippen LogP contribution in [0.4, 0.5) is 11.4 Å². The van der Waals surface area contributed by atoms with Crippen molar-refractivity contribution in [3.8, 4) is 23.0 Å². The number of allylic oxidation sites excluding steroid dienone is 4. The van der Waals surface area contributed by atoms with E-state index in [-0.39, 0.29) is 71.0 Å². The molecule has 4 bridgehead atoms. The van der Waals surface area contributed by atoms with Crippen molar-refractivity contribution in [1.82, 2.24) is 0 Å². The third kappa shape index (κ3) is 5.73. The van der Waals surface area contributed by atoms with Gasteiger partial charge in [0.05, 0.1) is 40.5 Å². The average Bonchev–Trinajstić information content (AvgIpc) is 4.20. The second kappa shape index (κ2) is 14.4. The molecule has 308 valence electrons. The predicted octanol–water partition coefficient (Wildman–Crippen LogP) is 10.3. The Labute approximate surface area is 365 Å². The molecule has 0 unspecified atom stereocenters. The van der Waals surface area contributed by atoms with Crippen molar-refractivity contribution in [1.29, 1.82) is 0 Å². The van der Waals surface area contributed by atoms with Gasteiger partial charge in [0, 0.05) is 0 Å². The lowest BCUT2D eigenvalue weighted by molar-refractivity contribution is -0.124. The number of carbonyl (C=O) groups is 4. The first-order valence-electron chi connectivity index (χ1n) is 21.9. The van der Waals surface area contributed by atoms with E-state index in [1.165, 1.54) is 9.80 Å². The fourth-order valence-corrected chi connectivity index (χ4v) is 11.8. The molecule has 4 amide bonds. The molecule has 2 aliphatic heterocycles. The van der Waals surface area contributed by atoms with Gasteiger partial charge in [0.2, 0.25) is 23.6 Å². The molecule has 6 aromatic carbocycles. The first-order valence-corrected chi connectivity index (χ1v) is 21.9. The van der Waals surface area contributed by atoms with Crippen LogP contribution in [-0.2, 0) is 24.6 Å². The van der Waals surface area contributed by atoms with Gasteiger partial charge >= 0.3 is 0 Å². The van der Waals surface area contributed by atoms with E-state index in [0.717, 1.165) is 35.1 Å². The van der Waals surface area contributed by atoms with Crippen LogP contribution >= 0.6 is 0 Å². The minimum absolute atomic E-state index is 0.0959. The number of nitrogens with zero attached hydrogens (tertiary/aromatic N) is 2. The van der Waals surface area contributed by atoms with Gasteiger partial charge in [-0.1, -0.05) is 109 Å². The van der Waals surface area contributed by atoms with Crippen LogP contribution in [0.3, 0.4) is 0 Å². The fourth-order valence-electron chi connectivity index (χ4n) is 11.8. The first kappa shape index (κ1) is 37.4. The summed E-state index contributed by atoms with van der Waals surface area (Å²) in [7, 11) is 0. The Morgan fingerprint density at radius 2 is 0.619 bits per heavy atom. The zero-order valence-electron chi connectivity index (χ0n) is 34.2. The highest BCUT2D eigenvalue weighted by atomic mass is 16.5. The van der Waals surface area contributed by atoms with E-state index >= 15 is 0 Å². The molecule has 2 saturated heterocycles. The second-order valence-corrected chi connectivity index (χ2v) is 17.7. The number of rotatable bonds is 10. The van der Waals surface area contributed by atoms with Crippen LogP contribution < -0.4 is 19.3 Å². The topological polar surface area (TPSA) is 93.2 Å². The SMILES string of the molecule is O=C1[C@@H]2[C@@H](C(=O)N1c1ccc(Oc3ccc(C(c4ccccc4)(c4ccccc4)c4ccc(Oc5ccc(N6C(=O)[C@@H]7[C@H](C6=O)[C@H]6C=C[C@H]7C6)cc5)cc4)cc3)cc1)[C@H]1C=C[C@H]2C1. The van der Waals surface area contributed by atoms with E-state index in [2.05, 4.69) is 97.1 Å². The third-order valence-electron chi connectivity index (χ3n) is 14.6. The molecule has 12 rings (SSSR count). The maximum atomic E-state index is 13.4. The predicted molar refractivity (Wildman–Crippen MR) is 238 cm³/mol. The summed E-state index contributed by atoms with van der Waals surface area (Å²) in [6, 6.07) is 51.6. The quantitative estimate of drug-likeness (QED) is 0.0776.